The molecule has 7 nitrogen and oxygen atoms in total. The van der Waals surface area contributed by atoms with Gasteiger partial charge in [-0.05, 0) is 18.2 Å². The Balaban J connectivity index is 1.75. The third-order valence-electron chi connectivity index (χ3n) is 3.59. The van der Waals surface area contributed by atoms with Crippen molar-refractivity contribution in [3.05, 3.63) is 61.2 Å². The van der Waals surface area contributed by atoms with Gasteiger partial charge < -0.3 is 9.47 Å². The molecule has 0 amide bonds. The number of hydrogen-bond acceptors (Lipinski definition) is 6. The van der Waals surface area contributed by atoms with E-state index in [-0.39, 0.29) is 5.75 Å². The van der Waals surface area contributed by atoms with Crippen LogP contribution in [0.25, 0.3) is 16.6 Å². The van der Waals surface area contributed by atoms with Gasteiger partial charge in [0.1, 0.15) is 24.7 Å². The van der Waals surface area contributed by atoms with Crippen molar-refractivity contribution in [3.8, 4) is 23.1 Å². The smallest absolute Gasteiger partial charge is 0.230 e. The Bertz CT molecular complexity index is 1040. The summed E-state index contributed by atoms with van der Waals surface area (Å²) in [4.78, 5) is 12.1. The molecule has 0 unspecified atom stereocenters. The largest absolute Gasteiger partial charge is 0.494 e. The number of ether oxygens (including phenoxy) is 2. The Morgan fingerprint density at radius 2 is 2.00 bits per heavy atom. The Kier molecular flexibility index (Phi) is 3.70. The van der Waals surface area contributed by atoms with Gasteiger partial charge in [-0.1, -0.05) is 6.07 Å². The van der Waals surface area contributed by atoms with E-state index in [2.05, 4.69) is 20.1 Å². The summed E-state index contributed by atoms with van der Waals surface area (Å²) in [7, 11) is 1.40. The van der Waals surface area contributed by atoms with Crippen LogP contribution >= 0.6 is 0 Å². The van der Waals surface area contributed by atoms with E-state index in [1.165, 1.54) is 31.9 Å². The first kappa shape index (κ1) is 15.0. The molecule has 4 aromatic rings. The van der Waals surface area contributed by atoms with Gasteiger partial charge in [0.2, 0.25) is 5.88 Å². The van der Waals surface area contributed by atoms with Crippen molar-refractivity contribution in [3.63, 3.8) is 0 Å². The highest BCUT2D eigenvalue weighted by molar-refractivity contribution is 5.85. The molecule has 0 aliphatic heterocycles. The molecule has 124 valence electrons. The molecule has 2 heterocycles. The SMILES string of the molecule is COc1cc2c(Oc3cccc(-n4cncn4)c3)ncnc2cc1F. The van der Waals surface area contributed by atoms with E-state index in [1.807, 2.05) is 12.1 Å². The minimum atomic E-state index is -0.493. The second-order valence-corrected chi connectivity index (χ2v) is 5.12. The number of rotatable bonds is 4. The first-order chi connectivity index (χ1) is 12.2. The van der Waals surface area contributed by atoms with Crippen LogP contribution < -0.4 is 9.47 Å². The Hall–Kier alpha value is -3.55. The maximum Gasteiger partial charge on any atom is 0.230 e. The van der Waals surface area contributed by atoms with E-state index in [9.17, 15) is 4.39 Å². The predicted molar refractivity (Wildman–Crippen MR) is 87.5 cm³/mol. The van der Waals surface area contributed by atoms with Crippen molar-refractivity contribution in [2.75, 3.05) is 7.11 Å². The standard InChI is InChI=1S/C17H12FN5O2/c1-24-16-6-13-15(7-14(16)18)20-9-21-17(13)25-12-4-2-3-11(5-12)23-10-19-8-22-23/h2-10H,1H3. The number of halogens is 1. The van der Waals surface area contributed by atoms with Crippen LogP contribution in [0.1, 0.15) is 0 Å². The summed E-state index contributed by atoms with van der Waals surface area (Å²) < 4.78 is 26.4. The lowest BCUT2D eigenvalue weighted by Crippen LogP contribution is -1.97. The zero-order valence-corrected chi connectivity index (χ0v) is 13.1. The average Bonchev–Trinajstić information content (AvgIpc) is 3.16. The molecule has 0 atom stereocenters. The van der Waals surface area contributed by atoms with E-state index in [0.29, 0.717) is 22.5 Å². The summed E-state index contributed by atoms with van der Waals surface area (Å²) in [6.45, 7) is 0. The van der Waals surface area contributed by atoms with Gasteiger partial charge in [-0.3, -0.25) is 0 Å². The molecule has 4 rings (SSSR count). The summed E-state index contributed by atoms with van der Waals surface area (Å²) >= 11 is 0. The molecule has 0 saturated heterocycles. The van der Waals surface area contributed by atoms with Crippen LogP contribution in [-0.4, -0.2) is 31.8 Å². The number of fused-ring (bicyclic) bond motifs is 1. The van der Waals surface area contributed by atoms with Crippen LogP contribution in [0.15, 0.2) is 55.4 Å². The summed E-state index contributed by atoms with van der Waals surface area (Å²) in [5.74, 6) is 0.465. The molecule has 0 N–H and O–H groups in total. The van der Waals surface area contributed by atoms with E-state index in [4.69, 9.17) is 9.47 Å². The molecule has 0 aliphatic carbocycles. The minimum absolute atomic E-state index is 0.100. The molecule has 0 aliphatic rings. The van der Waals surface area contributed by atoms with Gasteiger partial charge in [0, 0.05) is 12.1 Å². The van der Waals surface area contributed by atoms with E-state index < -0.39 is 5.82 Å². The molecule has 0 bridgehead atoms. The Morgan fingerprint density at radius 1 is 1.08 bits per heavy atom. The fourth-order valence-electron chi connectivity index (χ4n) is 2.41. The third-order valence-corrected chi connectivity index (χ3v) is 3.59. The molecular formula is C17H12FN5O2. The second-order valence-electron chi connectivity index (χ2n) is 5.12. The zero-order chi connectivity index (χ0) is 17.2. The highest BCUT2D eigenvalue weighted by atomic mass is 19.1. The lowest BCUT2D eigenvalue weighted by Gasteiger charge is -2.10. The summed E-state index contributed by atoms with van der Waals surface area (Å²) in [6.07, 6.45) is 4.37. The van der Waals surface area contributed by atoms with E-state index in [0.717, 1.165) is 5.69 Å². The lowest BCUT2D eigenvalue weighted by molar-refractivity contribution is 0.387. The normalized spacial score (nSPS) is 10.8. The van der Waals surface area contributed by atoms with Crippen LogP contribution in [0.4, 0.5) is 4.39 Å². The predicted octanol–water partition coefficient (Wildman–Crippen LogP) is 3.15. The van der Waals surface area contributed by atoms with E-state index in [1.54, 1.807) is 23.1 Å². The average molecular weight is 337 g/mol. The highest BCUT2D eigenvalue weighted by Crippen LogP contribution is 2.31. The number of benzene rings is 2. The molecule has 0 spiro atoms. The quantitative estimate of drug-likeness (QED) is 0.569. The highest BCUT2D eigenvalue weighted by Gasteiger charge is 2.12. The summed E-state index contributed by atoms with van der Waals surface area (Å²) in [6, 6.07) is 10.1. The Morgan fingerprint density at radius 3 is 2.80 bits per heavy atom. The third kappa shape index (κ3) is 2.85. The van der Waals surface area contributed by atoms with Crippen LogP contribution in [-0.2, 0) is 0 Å². The van der Waals surface area contributed by atoms with Crippen molar-refractivity contribution >= 4 is 10.9 Å². The van der Waals surface area contributed by atoms with Crippen molar-refractivity contribution in [2.45, 2.75) is 0 Å². The molecular weight excluding hydrogens is 325 g/mol. The van der Waals surface area contributed by atoms with E-state index >= 15 is 0 Å². The van der Waals surface area contributed by atoms with Gasteiger partial charge >= 0.3 is 0 Å². The first-order valence-corrected chi connectivity index (χ1v) is 7.36. The molecule has 25 heavy (non-hydrogen) atoms. The Labute approximate surface area is 141 Å². The molecule has 2 aromatic heterocycles. The summed E-state index contributed by atoms with van der Waals surface area (Å²) in [5, 5.41) is 4.63. The van der Waals surface area contributed by atoms with Gasteiger partial charge in [-0.25, -0.2) is 24.0 Å². The van der Waals surface area contributed by atoms with Gasteiger partial charge in [0.25, 0.3) is 0 Å². The van der Waals surface area contributed by atoms with Crippen LogP contribution in [0.5, 0.6) is 17.4 Å². The minimum Gasteiger partial charge on any atom is -0.494 e. The van der Waals surface area contributed by atoms with Crippen LogP contribution in [0.3, 0.4) is 0 Å². The zero-order valence-electron chi connectivity index (χ0n) is 13.1. The van der Waals surface area contributed by atoms with Crippen LogP contribution in [0, 0.1) is 5.82 Å². The molecule has 0 saturated carbocycles. The molecule has 0 fully saturated rings. The monoisotopic (exact) mass is 337 g/mol. The maximum atomic E-state index is 13.8. The number of methoxy groups -OCH3 is 1. The summed E-state index contributed by atoms with van der Waals surface area (Å²) in [5.41, 5.74) is 1.22. The fourth-order valence-corrected chi connectivity index (χ4v) is 2.41. The molecule has 0 radical (unpaired) electrons. The van der Waals surface area contributed by atoms with Gasteiger partial charge in [0.05, 0.1) is 23.7 Å². The van der Waals surface area contributed by atoms with Crippen molar-refractivity contribution < 1.29 is 13.9 Å². The fraction of sp³-hybridized carbons (Fsp3) is 0.0588. The van der Waals surface area contributed by atoms with Crippen molar-refractivity contribution in [1.82, 2.24) is 24.7 Å². The van der Waals surface area contributed by atoms with Gasteiger partial charge in [0.15, 0.2) is 11.6 Å². The van der Waals surface area contributed by atoms with Gasteiger partial charge in [-0.2, -0.15) is 5.10 Å². The topological polar surface area (TPSA) is 75.0 Å². The van der Waals surface area contributed by atoms with Crippen molar-refractivity contribution in [2.24, 2.45) is 0 Å². The van der Waals surface area contributed by atoms with Crippen LogP contribution in [0.2, 0.25) is 0 Å². The first-order valence-electron chi connectivity index (χ1n) is 7.36. The number of nitrogens with zero attached hydrogens (tertiary/aromatic N) is 5. The molecule has 8 heteroatoms. The second kappa shape index (κ2) is 6.16. The molecule has 2 aromatic carbocycles. The number of aromatic nitrogens is 5. The van der Waals surface area contributed by atoms with Crippen molar-refractivity contribution in [1.29, 1.82) is 0 Å². The van der Waals surface area contributed by atoms with Gasteiger partial charge in [-0.15, -0.1) is 0 Å². The maximum absolute atomic E-state index is 13.8. The lowest BCUT2D eigenvalue weighted by atomic mass is 10.2. The number of hydrogen-bond donors (Lipinski definition) is 0.